The van der Waals surface area contributed by atoms with Gasteiger partial charge in [0.15, 0.2) is 5.78 Å². The zero-order chi connectivity index (χ0) is 13.7. The third-order valence-corrected chi connectivity index (χ3v) is 2.84. The van der Waals surface area contributed by atoms with Gasteiger partial charge in [-0.1, -0.05) is 25.4 Å². The topological polar surface area (TPSA) is 50.1 Å². The Labute approximate surface area is 112 Å². The summed E-state index contributed by atoms with van der Waals surface area (Å²) < 4.78 is 5.13. The van der Waals surface area contributed by atoms with Crippen molar-refractivity contribution in [2.75, 3.05) is 7.11 Å². The van der Waals surface area contributed by atoms with E-state index >= 15 is 0 Å². The minimum Gasteiger partial charge on any atom is -0.496 e. The van der Waals surface area contributed by atoms with Crippen molar-refractivity contribution in [3.8, 4) is 11.8 Å². The molecule has 96 valence electrons. The first kappa shape index (κ1) is 14.5. The Morgan fingerprint density at radius 2 is 2.17 bits per heavy atom. The molecule has 0 aromatic heterocycles. The molecule has 18 heavy (non-hydrogen) atoms. The molecular weight excluding hydrogens is 250 g/mol. The third-order valence-electron chi connectivity index (χ3n) is 2.61. The molecule has 1 aromatic rings. The highest BCUT2D eigenvalue weighted by molar-refractivity contribution is 6.30. The van der Waals surface area contributed by atoms with Crippen LogP contribution >= 0.6 is 11.6 Å². The smallest absolute Gasteiger partial charge is 0.183 e. The summed E-state index contributed by atoms with van der Waals surface area (Å²) in [5, 5.41) is 9.59. The van der Waals surface area contributed by atoms with E-state index in [0.717, 1.165) is 0 Å². The molecule has 4 heteroatoms. The number of nitriles is 1. The maximum Gasteiger partial charge on any atom is 0.183 e. The van der Waals surface area contributed by atoms with Gasteiger partial charge < -0.3 is 4.74 Å². The quantitative estimate of drug-likeness (QED) is 0.763. The molecule has 0 aliphatic carbocycles. The van der Waals surface area contributed by atoms with E-state index in [1.54, 1.807) is 18.2 Å². The number of ether oxygens (including phenoxy) is 1. The van der Waals surface area contributed by atoms with Crippen LogP contribution in [0.1, 0.15) is 30.6 Å². The minimum atomic E-state index is -0.639. The molecule has 1 rings (SSSR count). The number of carbonyl (C=O) groups excluding carboxylic acids is 1. The third kappa shape index (κ3) is 3.48. The van der Waals surface area contributed by atoms with Crippen molar-refractivity contribution >= 4 is 17.4 Å². The second-order valence-electron chi connectivity index (χ2n) is 4.52. The second kappa shape index (κ2) is 6.42. The molecule has 1 atom stereocenters. The molecule has 1 unspecified atom stereocenters. The number of Topliss-reactive ketones (excluding diaryl/α,β-unsaturated/α-hetero) is 1. The van der Waals surface area contributed by atoms with E-state index in [1.165, 1.54) is 7.11 Å². The fraction of sp³-hybridized carbons (Fsp3) is 0.429. The predicted octanol–water partition coefficient (Wildman–Crippen LogP) is 3.72. The number of hydrogen-bond acceptors (Lipinski definition) is 3. The summed E-state index contributed by atoms with van der Waals surface area (Å²) in [5.41, 5.74) is 0.411. The molecule has 0 N–H and O–H groups in total. The van der Waals surface area contributed by atoms with E-state index in [9.17, 15) is 4.79 Å². The highest BCUT2D eigenvalue weighted by atomic mass is 35.5. The number of halogens is 1. The summed E-state index contributed by atoms with van der Waals surface area (Å²) in [5.74, 6) is -0.145. The molecule has 0 saturated carbocycles. The molecular formula is C14H16ClNO2. The molecule has 1 aromatic carbocycles. The Morgan fingerprint density at radius 1 is 1.50 bits per heavy atom. The number of carbonyl (C=O) groups is 1. The Balaban J connectivity index is 3.06. The van der Waals surface area contributed by atoms with Gasteiger partial charge in [-0.25, -0.2) is 0 Å². The van der Waals surface area contributed by atoms with E-state index in [-0.39, 0.29) is 11.7 Å². The van der Waals surface area contributed by atoms with E-state index in [4.69, 9.17) is 21.6 Å². The SMILES string of the molecule is COc1cc(Cl)ccc1C(=O)C(C#N)CC(C)C. The van der Waals surface area contributed by atoms with Gasteiger partial charge in [-0.2, -0.15) is 5.26 Å². The van der Waals surface area contributed by atoms with Gasteiger partial charge in [0.25, 0.3) is 0 Å². The molecule has 0 spiro atoms. The van der Waals surface area contributed by atoms with Crippen molar-refractivity contribution in [2.24, 2.45) is 11.8 Å². The van der Waals surface area contributed by atoms with Crippen LogP contribution in [0.5, 0.6) is 5.75 Å². The molecule has 0 amide bonds. The normalized spacial score (nSPS) is 12.0. The van der Waals surface area contributed by atoms with E-state index in [2.05, 4.69) is 6.07 Å². The highest BCUT2D eigenvalue weighted by Crippen LogP contribution is 2.27. The van der Waals surface area contributed by atoms with Gasteiger partial charge in [0.2, 0.25) is 0 Å². The summed E-state index contributed by atoms with van der Waals surface area (Å²) in [7, 11) is 1.48. The zero-order valence-corrected chi connectivity index (χ0v) is 11.5. The number of nitrogens with zero attached hydrogens (tertiary/aromatic N) is 1. The Hall–Kier alpha value is -1.53. The summed E-state index contributed by atoms with van der Waals surface area (Å²) in [6.07, 6.45) is 0.543. The minimum absolute atomic E-state index is 0.209. The summed E-state index contributed by atoms with van der Waals surface area (Å²) in [4.78, 5) is 12.3. The molecule has 0 heterocycles. The maximum atomic E-state index is 12.3. The predicted molar refractivity (Wildman–Crippen MR) is 70.9 cm³/mol. The van der Waals surface area contributed by atoms with Crippen molar-refractivity contribution in [3.63, 3.8) is 0 Å². The fourth-order valence-electron chi connectivity index (χ4n) is 1.75. The lowest BCUT2D eigenvalue weighted by atomic mass is 9.90. The van der Waals surface area contributed by atoms with Gasteiger partial charge in [0.1, 0.15) is 11.7 Å². The molecule has 3 nitrogen and oxygen atoms in total. The van der Waals surface area contributed by atoms with Crippen molar-refractivity contribution in [3.05, 3.63) is 28.8 Å². The monoisotopic (exact) mass is 265 g/mol. The first-order valence-corrected chi connectivity index (χ1v) is 6.14. The largest absolute Gasteiger partial charge is 0.496 e. The van der Waals surface area contributed by atoms with Crippen LogP contribution in [0.15, 0.2) is 18.2 Å². The van der Waals surface area contributed by atoms with E-state index in [1.807, 2.05) is 13.8 Å². The number of rotatable bonds is 5. The Morgan fingerprint density at radius 3 is 2.67 bits per heavy atom. The fourth-order valence-corrected chi connectivity index (χ4v) is 1.91. The van der Waals surface area contributed by atoms with Crippen molar-refractivity contribution in [1.29, 1.82) is 5.26 Å². The number of ketones is 1. The van der Waals surface area contributed by atoms with Gasteiger partial charge in [-0.15, -0.1) is 0 Å². The number of hydrogen-bond donors (Lipinski definition) is 0. The number of methoxy groups -OCH3 is 1. The Bertz CT molecular complexity index is 477. The van der Waals surface area contributed by atoms with Crippen molar-refractivity contribution < 1.29 is 9.53 Å². The van der Waals surface area contributed by atoms with Crippen molar-refractivity contribution in [1.82, 2.24) is 0 Å². The molecule has 0 aliphatic heterocycles. The van der Waals surface area contributed by atoms with Crippen LogP contribution < -0.4 is 4.74 Å². The lowest BCUT2D eigenvalue weighted by Crippen LogP contribution is -2.16. The van der Waals surface area contributed by atoms with Gasteiger partial charge in [0.05, 0.1) is 18.7 Å². The first-order valence-electron chi connectivity index (χ1n) is 5.77. The Kier molecular flexibility index (Phi) is 5.18. The molecule has 0 saturated heterocycles. The van der Waals surface area contributed by atoms with Crippen LogP contribution in [-0.4, -0.2) is 12.9 Å². The molecule has 0 aliphatic rings. The standard InChI is InChI=1S/C14H16ClNO2/c1-9(2)6-10(8-16)14(17)12-5-4-11(15)7-13(12)18-3/h4-5,7,9-10H,6H2,1-3H3. The second-order valence-corrected chi connectivity index (χ2v) is 4.96. The van der Waals surface area contributed by atoms with Gasteiger partial charge >= 0.3 is 0 Å². The molecule has 0 radical (unpaired) electrons. The van der Waals surface area contributed by atoms with Crippen LogP contribution in [0.25, 0.3) is 0 Å². The average molecular weight is 266 g/mol. The summed E-state index contributed by atoms with van der Waals surface area (Å²) >= 11 is 5.84. The zero-order valence-electron chi connectivity index (χ0n) is 10.7. The van der Waals surface area contributed by atoms with Gasteiger partial charge in [-0.3, -0.25) is 4.79 Å². The average Bonchev–Trinajstić information content (AvgIpc) is 2.34. The molecule has 0 fully saturated rings. The lowest BCUT2D eigenvalue weighted by Gasteiger charge is -2.13. The van der Waals surface area contributed by atoms with Crippen LogP contribution in [-0.2, 0) is 0 Å². The highest BCUT2D eigenvalue weighted by Gasteiger charge is 2.23. The van der Waals surface area contributed by atoms with Crippen LogP contribution in [0.4, 0.5) is 0 Å². The van der Waals surface area contributed by atoms with E-state index in [0.29, 0.717) is 22.8 Å². The molecule has 0 bridgehead atoms. The van der Waals surface area contributed by atoms with Crippen LogP contribution in [0.2, 0.25) is 5.02 Å². The van der Waals surface area contributed by atoms with Gasteiger partial charge in [-0.05, 0) is 30.5 Å². The van der Waals surface area contributed by atoms with Crippen LogP contribution in [0, 0.1) is 23.2 Å². The van der Waals surface area contributed by atoms with Crippen molar-refractivity contribution in [2.45, 2.75) is 20.3 Å². The summed E-state index contributed by atoms with van der Waals surface area (Å²) in [6, 6.07) is 6.87. The lowest BCUT2D eigenvalue weighted by molar-refractivity contribution is 0.0934. The van der Waals surface area contributed by atoms with Gasteiger partial charge in [0, 0.05) is 5.02 Å². The number of benzene rings is 1. The first-order chi connectivity index (χ1) is 8.49. The van der Waals surface area contributed by atoms with Crippen LogP contribution in [0.3, 0.4) is 0 Å². The summed E-state index contributed by atoms with van der Waals surface area (Å²) in [6.45, 7) is 3.97. The van der Waals surface area contributed by atoms with E-state index < -0.39 is 5.92 Å². The maximum absolute atomic E-state index is 12.3.